The molecule has 196 valence electrons. The third-order valence-corrected chi connectivity index (χ3v) is 5.35. The van der Waals surface area contributed by atoms with Crippen LogP contribution < -0.4 is 21.7 Å². The van der Waals surface area contributed by atoms with Gasteiger partial charge in [-0.25, -0.2) is 4.79 Å². The van der Waals surface area contributed by atoms with Gasteiger partial charge in [0.15, 0.2) is 0 Å². The van der Waals surface area contributed by atoms with Crippen molar-refractivity contribution in [1.82, 2.24) is 20.9 Å². The van der Waals surface area contributed by atoms with E-state index >= 15 is 0 Å². The SMILES string of the molecule is NC(CCC(=O)O)C(=O)NC(CO)C(=O)NC(Cc1c[nH]c2ccccc12)C(=O)NC(CO)C(=O)O. The smallest absolute Gasteiger partial charge is 0.328 e. The highest BCUT2D eigenvalue weighted by atomic mass is 16.4. The normalized spacial score (nSPS) is 14.3. The fraction of sp³-hybridized carbons (Fsp3) is 0.409. The van der Waals surface area contributed by atoms with Crippen LogP contribution in [0.3, 0.4) is 0 Å². The summed E-state index contributed by atoms with van der Waals surface area (Å²) in [6.07, 6.45) is 0.936. The molecule has 14 nitrogen and oxygen atoms in total. The number of benzene rings is 1. The first-order valence-corrected chi connectivity index (χ1v) is 10.9. The summed E-state index contributed by atoms with van der Waals surface area (Å²) < 4.78 is 0. The van der Waals surface area contributed by atoms with Crippen molar-refractivity contribution in [2.75, 3.05) is 13.2 Å². The van der Waals surface area contributed by atoms with E-state index in [0.717, 1.165) is 10.9 Å². The van der Waals surface area contributed by atoms with Crippen LogP contribution in [0, 0.1) is 0 Å². The van der Waals surface area contributed by atoms with Gasteiger partial charge in [0.2, 0.25) is 17.7 Å². The summed E-state index contributed by atoms with van der Waals surface area (Å²) in [5.74, 6) is -5.42. The van der Waals surface area contributed by atoms with Crippen molar-refractivity contribution in [1.29, 1.82) is 0 Å². The number of H-pyrrole nitrogens is 1. The van der Waals surface area contributed by atoms with E-state index in [1.807, 2.05) is 0 Å². The van der Waals surface area contributed by atoms with Gasteiger partial charge in [0.25, 0.3) is 0 Å². The van der Waals surface area contributed by atoms with Crippen molar-refractivity contribution in [2.24, 2.45) is 5.73 Å². The average molecular weight is 508 g/mol. The van der Waals surface area contributed by atoms with Crippen LogP contribution in [0.2, 0.25) is 0 Å². The van der Waals surface area contributed by atoms with Crippen molar-refractivity contribution in [3.63, 3.8) is 0 Å². The van der Waals surface area contributed by atoms with E-state index in [9.17, 15) is 34.2 Å². The largest absolute Gasteiger partial charge is 0.481 e. The van der Waals surface area contributed by atoms with Crippen LogP contribution in [0.5, 0.6) is 0 Å². The van der Waals surface area contributed by atoms with Gasteiger partial charge in [-0.2, -0.15) is 0 Å². The van der Waals surface area contributed by atoms with E-state index in [1.165, 1.54) is 0 Å². The molecule has 0 fully saturated rings. The molecule has 10 N–H and O–H groups in total. The lowest BCUT2D eigenvalue weighted by molar-refractivity contribution is -0.143. The number of amides is 3. The number of carbonyl (C=O) groups excluding carboxylic acids is 3. The molecule has 36 heavy (non-hydrogen) atoms. The number of nitrogens with two attached hydrogens (primary N) is 1. The Bertz CT molecular complexity index is 1100. The molecule has 14 heteroatoms. The summed E-state index contributed by atoms with van der Waals surface area (Å²) >= 11 is 0. The van der Waals surface area contributed by atoms with Crippen LogP contribution in [-0.4, -0.2) is 92.5 Å². The fourth-order valence-electron chi connectivity index (χ4n) is 3.34. The Morgan fingerprint density at radius 1 is 0.861 bits per heavy atom. The first kappa shape index (κ1) is 28.2. The number of aromatic nitrogens is 1. The lowest BCUT2D eigenvalue weighted by Crippen LogP contribution is -2.58. The molecule has 4 atom stereocenters. The van der Waals surface area contributed by atoms with Crippen LogP contribution in [-0.2, 0) is 30.4 Å². The minimum absolute atomic E-state index is 0.0937. The van der Waals surface area contributed by atoms with Crippen molar-refractivity contribution >= 4 is 40.6 Å². The molecule has 1 aromatic heterocycles. The Balaban J connectivity index is 2.20. The molecule has 0 bridgehead atoms. The molecule has 0 aliphatic carbocycles. The highest BCUT2D eigenvalue weighted by molar-refractivity contribution is 5.95. The van der Waals surface area contributed by atoms with Gasteiger partial charge in [-0.3, -0.25) is 19.2 Å². The number of hydrogen-bond acceptors (Lipinski definition) is 8. The number of aliphatic hydroxyl groups excluding tert-OH is 2. The number of aliphatic hydroxyl groups is 2. The molecule has 4 unspecified atom stereocenters. The number of carbonyl (C=O) groups is 5. The van der Waals surface area contributed by atoms with Crippen LogP contribution >= 0.6 is 0 Å². The molecule has 0 aliphatic rings. The lowest BCUT2D eigenvalue weighted by atomic mass is 10.0. The summed E-state index contributed by atoms with van der Waals surface area (Å²) in [5, 5.41) is 44.2. The van der Waals surface area contributed by atoms with E-state index in [4.69, 9.17) is 15.9 Å². The zero-order valence-corrected chi connectivity index (χ0v) is 19.1. The summed E-state index contributed by atoms with van der Waals surface area (Å²) in [5.41, 5.74) is 6.99. The first-order valence-electron chi connectivity index (χ1n) is 10.9. The molecular formula is C22H29N5O9. The zero-order chi connectivity index (χ0) is 26.8. The highest BCUT2D eigenvalue weighted by Gasteiger charge is 2.30. The fourth-order valence-corrected chi connectivity index (χ4v) is 3.34. The molecule has 0 spiro atoms. The van der Waals surface area contributed by atoms with Gasteiger partial charge >= 0.3 is 11.9 Å². The van der Waals surface area contributed by atoms with E-state index in [1.54, 1.807) is 30.5 Å². The molecule has 2 rings (SSSR count). The summed E-state index contributed by atoms with van der Waals surface area (Å²) in [7, 11) is 0. The van der Waals surface area contributed by atoms with E-state index in [0.29, 0.717) is 5.56 Å². The Morgan fingerprint density at radius 2 is 1.44 bits per heavy atom. The maximum absolute atomic E-state index is 12.9. The molecule has 0 saturated heterocycles. The van der Waals surface area contributed by atoms with Gasteiger partial charge in [-0.05, 0) is 18.1 Å². The molecule has 1 aromatic carbocycles. The minimum atomic E-state index is -1.62. The number of aromatic amines is 1. The zero-order valence-electron chi connectivity index (χ0n) is 19.1. The van der Waals surface area contributed by atoms with E-state index < -0.39 is 67.0 Å². The standard InChI is InChI=1S/C22H29N5O9/c23-13(5-6-18(30)31)19(32)26-16(9-28)21(34)25-15(20(33)27-17(10-29)22(35)36)7-11-8-24-14-4-2-1-3-12(11)14/h1-4,8,13,15-17,24,28-29H,5-7,9-10,23H2,(H,25,34)(H,26,32)(H,27,33)(H,30,31)(H,35,36). The second-order valence-corrected chi connectivity index (χ2v) is 7.99. The van der Waals surface area contributed by atoms with Crippen molar-refractivity contribution in [3.8, 4) is 0 Å². The number of fused-ring (bicyclic) bond motifs is 1. The summed E-state index contributed by atoms with van der Waals surface area (Å²) in [4.78, 5) is 62.8. The molecule has 1 heterocycles. The molecule has 0 aliphatic heterocycles. The number of aliphatic carboxylic acids is 2. The van der Waals surface area contributed by atoms with Gasteiger partial charge in [-0.15, -0.1) is 0 Å². The monoisotopic (exact) mass is 507 g/mol. The maximum Gasteiger partial charge on any atom is 0.328 e. The van der Waals surface area contributed by atoms with Gasteiger partial charge < -0.3 is 47.1 Å². The van der Waals surface area contributed by atoms with Crippen molar-refractivity contribution < 1.29 is 44.4 Å². The number of para-hydroxylation sites is 1. The van der Waals surface area contributed by atoms with Crippen molar-refractivity contribution in [2.45, 2.75) is 43.4 Å². The second kappa shape index (κ2) is 13.2. The van der Waals surface area contributed by atoms with Crippen LogP contribution in [0.4, 0.5) is 0 Å². The Hall–Kier alpha value is -4.01. The predicted molar refractivity (Wildman–Crippen MR) is 124 cm³/mol. The average Bonchev–Trinajstić information content (AvgIpc) is 3.25. The van der Waals surface area contributed by atoms with E-state index in [2.05, 4.69) is 20.9 Å². The minimum Gasteiger partial charge on any atom is -0.481 e. The quantitative estimate of drug-likeness (QED) is 0.129. The van der Waals surface area contributed by atoms with Gasteiger partial charge in [0, 0.05) is 29.9 Å². The van der Waals surface area contributed by atoms with Gasteiger partial charge in [-0.1, -0.05) is 18.2 Å². The third kappa shape index (κ3) is 7.76. The number of rotatable bonds is 14. The topological polar surface area (TPSA) is 244 Å². The van der Waals surface area contributed by atoms with Gasteiger partial charge in [0.05, 0.1) is 19.3 Å². The van der Waals surface area contributed by atoms with Crippen molar-refractivity contribution in [3.05, 3.63) is 36.0 Å². The molecular weight excluding hydrogens is 478 g/mol. The summed E-state index contributed by atoms with van der Waals surface area (Å²) in [6, 6.07) is 1.38. The number of hydrogen-bond donors (Lipinski definition) is 9. The predicted octanol–water partition coefficient (Wildman–Crippen LogP) is -2.57. The Labute approximate surface area is 204 Å². The molecule has 0 saturated carbocycles. The lowest BCUT2D eigenvalue weighted by Gasteiger charge is -2.24. The molecule has 3 amide bonds. The van der Waals surface area contributed by atoms with Crippen LogP contribution in [0.1, 0.15) is 18.4 Å². The Kier molecular flexibility index (Phi) is 10.3. The van der Waals surface area contributed by atoms with Gasteiger partial charge in [0.1, 0.15) is 18.1 Å². The molecule has 2 aromatic rings. The highest BCUT2D eigenvalue weighted by Crippen LogP contribution is 2.19. The summed E-state index contributed by atoms with van der Waals surface area (Å²) in [6.45, 7) is -1.75. The number of nitrogens with one attached hydrogen (secondary N) is 4. The number of carboxylic acids is 2. The number of carboxylic acid groups (broad SMARTS) is 2. The van der Waals surface area contributed by atoms with Crippen LogP contribution in [0.25, 0.3) is 10.9 Å². The van der Waals surface area contributed by atoms with E-state index in [-0.39, 0.29) is 19.3 Å². The van der Waals surface area contributed by atoms with Crippen LogP contribution in [0.15, 0.2) is 30.5 Å². The third-order valence-electron chi connectivity index (χ3n) is 5.35. The Morgan fingerprint density at radius 3 is 2.06 bits per heavy atom. The first-order chi connectivity index (χ1) is 17.1. The maximum atomic E-state index is 12.9. The second-order valence-electron chi connectivity index (χ2n) is 7.99. The molecule has 0 radical (unpaired) electrons.